The molecule has 0 bridgehead atoms. The number of benzene rings is 1. The fraction of sp³-hybridized carbons (Fsp3) is 0.500. The summed E-state index contributed by atoms with van der Waals surface area (Å²) in [5.74, 6) is 0. The molecule has 21 heavy (non-hydrogen) atoms. The van der Waals surface area contributed by atoms with Crippen LogP contribution in [0.3, 0.4) is 0 Å². The smallest absolute Gasteiger partial charge is 0.332 e. The van der Waals surface area contributed by atoms with Crippen molar-refractivity contribution in [2.45, 2.75) is 52.4 Å². The summed E-state index contributed by atoms with van der Waals surface area (Å²) in [6.07, 6.45) is 1.62. The lowest BCUT2D eigenvalue weighted by Crippen LogP contribution is -2.24. The van der Waals surface area contributed by atoms with E-state index in [2.05, 4.69) is 70.3 Å². The number of halogens is 1. The molecule has 5 heteroatoms. The number of nitrogens with one attached hydrogen (secondary N) is 1. The van der Waals surface area contributed by atoms with Crippen molar-refractivity contribution in [3.05, 3.63) is 34.9 Å². The average Bonchev–Trinajstić information content (AvgIpc) is 2.25. The highest BCUT2D eigenvalue weighted by Crippen LogP contribution is 2.29. The molecule has 3 N–H and O–H groups in total. The molecule has 1 aromatic carbocycles. The van der Waals surface area contributed by atoms with Crippen LogP contribution in [0.2, 0.25) is 0 Å². The monoisotopic (exact) mass is 311 g/mol. The lowest BCUT2D eigenvalue weighted by molar-refractivity contribution is 0.249. The second-order valence-electron chi connectivity index (χ2n) is 7.08. The molecule has 1 aromatic rings. The summed E-state index contributed by atoms with van der Waals surface area (Å²) >= 11 is 0. The van der Waals surface area contributed by atoms with Crippen molar-refractivity contribution >= 4 is 24.7 Å². The number of hydrogen-bond acceptors (Lipinski definition) is 2. The maximum absolute atomic E-state index is 10.6. The summed E-state index contributed by atoms with van der Waals surface area (Å²) in [4.78, 5) is 10.6. The van der Waals surface area contributed by atoms with Crippen LogP contribution in [0.4, 0.5) is 4.79 Å². The second-order valence-corrected chi connectivity index (χ2v) is 7.08. The van der Waals surface area contributed by atoms with Gasteiger partial charge in [0.05, 0.1) is 6.21 Å². The van der Waals surface area contributed by atoms with E-state index in [9.17, 15) is 4.79 Å². The van der Waals surface area contributed by atoms with Gasteiger partial charge >= 0.3 is 6.03 Å². The number of carbonyl (C=O) groups is 1. The van der Waals surface area contributed by atoms with Crippen LogP contribution in [0.25, 0.3) is 0 Å². The van der Waals surface area contributed by atoms with Gasteiger partial charge in [-0.1, -0.05) is 47.6 Å². The first-order valence-electron chi connectivity index (χ1n) is 6.75. The molecule has 0 spiro atoms. The number of primary amides is 1. The molecule has 0 radical (unpaired) electrons. The van der Waals surface area contributed by atoms with Crippen LogP contribution >= 0.6 is 12.4 Å². The molecule has 0 aliphatic heterocycles. The van der Waals surface area contributed by atoms with E-state index in [1.165, 1.54) is 11.1 Å². The largest absolute Gasteiger partial charge is 0.350 e. The minimum atomic E-state index is -0.663. The van der Waals surface area contributed by atoms with Gasteiger partial charge in [-0.05, 0) is 39.7 Å². The lowest BCUT2D eigenvalue weighted by atomic mass is 9.80. The van der Waals surface area contributed by atoms with Gasteiger partial charge in [0.15, 0.2) is 0 Å². The summed E-state index contributed by atoms with van der Waals surface area (Å²) in [6.45, 7) is 13.1. The number of nitrogens with two attached hydrogens (primary N) is 1. The molecule has 2 amide bonds. The summed E-state index contributed by atoms with van der Waals surface area (Å²) in [5.41, 5.74) is 10.8. The molecule has 0 fully saturated rings. The molecule has 0 aliphatic rings. The van der Waals surface area contributed by atoms with Gasteiger partial charge in [0.1, 0.15) is 0 Å². The van der Waals surface area contributed by atoms with Crippen LogP contribution in [0.1, 0.15) is 58.2 Å². The van der Waals surface area contributed by atoms with E-state index in [1.54, 1.807) is 6.21 Å². The molecule has 0 aromatic heterocycles. The average molecular weight is 312 g/mol. The van der Waals surface area contributed by atoms with Crippen molar-refractivity contribution in [1.82, 2.24) is 5.43 Å². The van der Waals surface area contributed by atoms with Crippen LogP contribution in [0, 0.1) is 0 Å². The van der Waals surface area contributed by atoms with Crippen molar-refractivity contribution in [2.75, 3.05) is 0 Å². The number of amides is 2. The van der Waals surface area contributed by atoms with Crippen molar-refractivity contribution in [3.8, 4) is 0 Å². The lowest BCUT2D eigenvalue weighted by Gasteiger charge is -2.25. The van der Waals surface area contributed by atoms with Crippen LogP contribution in [-0.4, -0.2) is 12.2 Å². The Labute approximate surface area is 133 Å². The summed E-state index contributed by atoms with van der Waals surface area (Å²) in [5, 5.41) is 3.84. The maximum atomic E-state index is 10.6. The standard InChI is InChI=1S/C16H25N3O.ClH/c1-15(2,3)12-7-11(10-18-19-14(17)20)8-13(9-12)16(4,5)6;/h7-10H,1-6H3,(H3,17,19,20);1H. The molecule has 0 saturated carbocycles. The zero-order valence-corrected chi connectivity index (χ0v) is 14.5. The molecule has 118 valence electrons. The van der Waals surface area contributed by atoms with E-state index in [0.29, 0.717) is 0 Å². The normalized spacial score (nSPS) is 12.1. The van der Waals surface area contributed by atoms with E-state index in [4.69, 9.17) is 5.73 Å². The summed E-state index contributed by atoms with van der Waals surface area (Å²) < 4.78 is 0. The Morgan fingerprint density at radius 2 is 1.48 bits per heavy atom. The van der Waals surface area contributed by atoms with E-state index < -0.39 is 6.03 Å². The van der Waals surface area contributed by atoms with E-state index in [0.717, 1.165) is 5.56 Å². The molecule has 1 rings (SSSR count). The van der Waals surface area contributed by atoms with Crippen LogP contribution in [0.15, 0.2) is 23.3 Å². The van der Waals surface area contributed by atoms with Gasteiger partial charge in [0.25, 0.3) is 0 Å². The van der Waals surface area contributed by atoms with Crippen molar-refractivity contribution in [3.63, 3.8) is 0 Å². The summed E-state index contributed by atoms with van der Waals surface area (Å²) in [6, 6.07) is 5.74. The minimum absolute atomic E-state index is 0. The van der Waals surface area contributed by atoms with Gasteiger partial charge in [-0.2, -0.15) is 5.10 Å². The third-order valence-electron chi connectivity index (χ3n) is 3.08. The van der Waals surface area contributed by atoms with E-state index in [1.807, 2.05) is 0 Å². The Morgan fingerprint density at radius 3 is 1.81 bits per heavy atom. The van der Waals surface area contributed by atoms with Gasteiger partial charge in [-0.15, -0.1) is 12.4 Å². The molecule has 0 atom stereocenters. The van der Waals surface area contributed by atoms with Gasteiger partial charge < -0.3 is 5.73 Å². The van der Waals surface area contributed by atoms with Crippen LogP contribution in [-0.2, 0) is 10.8 Å². The van der Waals surface area contributed by atoms with Gasteiger partial charge in [-0.25, -0.2) is 10.2 Å². The Kier molecular flexibility index (Phi) is 6.43. The van der Waals surface area contributed by atoms with Gasteiger partial charge in [0, 0.05) is 0 Å². The zero-order chi connectivity index (χ0) is 15.6. The molecular weight excluding hydrogens is 286 g/mol. The van der Waals surface area contributed by atoms with Crippen molar-refractivity contribution in [2.24, 2.45) is 10.8 Å². The van der Waals surface area contributed by atoms with Gasteiger partial charge in [-0.3, -0.25) is 0 Å². The predicted octanol–water partition coefficient (Wildman–Crippen LogP) is 3.71. The highest BCUT2D eigenvalue weighted by Gasteiger charge is 2.20. The fourth-order valence-electron chi connectivity index (χ4n) is 1.76. The number of urea groups is 1. The quantitative estimate of drug-likeness (QED) is 0.634. The van der Waals surface area contributed by atoms with Crippen molar-refractivity contribution in [1.29, 1.82) is 0 Å². The first-order valence-corrected chi connectivity index (χ1v) is 6.75. The molecular formula is C16H26ClN3O. The molecule has 0 heterocycles. The summed E-state index contributed by atoms with van der Waals surface area (Å²) in [7, 11) is 0. The Morgan fingerprint density at radius 1 is 1.05 bits per heavy atom. The highest BCUT2D eigenvalue weighted by molar-refractivity contribution is 5.85. The fourth-order valence-corrected chi connectivity index (χ4v) is 1.76. The molecule has 0 unspecified atom stereocenters. The van der Waals surface area contributed by atoms with E-state index >= 15 is 0 Å². The highest BCUT2D eigenvalue weighted by atomic mass is 35.5. The number of carbonyl (C=O) groups excluding carboxylic acids is 1. The predicted molar refractivity (Wildman–Crippen MR) is 91.4 cm³/mol. The number of hydrazone groups is 1. The topological polar surface area (TPSA) is 67.5 Å². The van der Waals surface area contributed by atoms with Crippen LogP contribution < -0.4 is 11.2 Å². The molecule has 0 saturated heterocycles. The zero-order valence-electron chi connectivity index (χ0n) is 13.7. The molecule has 4 nitrogen and oxygen atoms in total. The SMILES string of the molecule is CC(C)(C)c1cc(C=NNC(N)=O)cc(C(C)(C)C)c1.Cl. The first-order chi connectivity index (χ1) is 9.00. The third-order valence-corrected chi connectivity index (χ3v) is 3.08. The van der Waals surface area contributed by atoms with Gasteiger partial charge in [0.2, 0.25) is 0 Å². The number of nitrogens with zero attached hydrogens (tertiary/aromatic N) is 1. The second kappa shape index (κ2) is 6.94. The Balaban J connectivity index is 0.00000400. The molecule has 0 aliphatic carbocycles. The van der Waals surface area contributed by atoms with Crippen LogP contribution in [0.5, 0.6) is 0 Å². The Hall–Kier alpha value is -1.55. The number of hydrogen-bond donors (Lipinski definition) is 2. The van der Waals surface area contributed by atoms with E-state index in [-0.39, 0.29) is 23.2 Å². The first kappa shape index (κ1) is 19.4. The van der Waals surface area contributed by atoms with Crippen molar-refractivity contribution < 1.29 is 4.79 Å². The number of rotatable bonds is 2. The Bertz CT molecular complexity index is 493. The maximum Gasteiger partial charge on any atom is 0.332 e. The third kappa shape index (κ3) is 6.17. The minimum Gasteiger partial charge on any atom is -0.350 e.